The first-order valence-corrected chi connectivity index (χ1v) is 6.72. The van der Waals surface area contributed by atoms with E-state index in [0.29, 0.717) is 17.9 Å². The Morgan fingerprint density at radius 2 is 2.25 bits per heavy atom. The van der Waals surface area contributed by atoms with Crippen molar-refractivity contribution < 1.29 is 9.13 Å². The number of nitrogens with zero attached hydrogens (tertiary/aromatic N) is 2. The summed E-state index contributed by atoms with van der Waals surface area (Å²) < 4.78 is 21.4. The molecular formula is C14H17ClFN3O. The summed E-state index contributed by atoms with van der Waals surface area (Å²) in [5.41, 5.74) is 1.24. The SMILES string of the molecule is CCn1ncc(OC)c1C(NC)c1cccc(Cl)c1F. The Morgan fingerprint density at radius 3 is 2.85 bits per heavy atom. The van der Waals surface area contributed by atoms with E-state index in [2.05, 4.69) is 10.4 Å². The maximum Gasteiger partial charge on any atom is 0.161 e. The zero-order valence-corrected chi connectivity index (χ0v) is 12.4. The van der Waals surface area contributed by atoms with Crippen LogP contribution in [0.5, 0.6) is 5.75 Å². The van der Waals surface area contributed by atoms with Crippen molar-refractivity contribution in [3.8, 4) is 5.75 Å². The fraction of sp³-hybridized carbons (Fsp3) is 0.357. The summed E-state index contributed by atoms with van der Waals surface area (Å²) in [6.07, 6.45) is 1.63. The second-order valence-electron chi connectivity index (χ2n) is 4.28. The molecule has 2 rings (SSSR count). The third-order valence-corrected chi connectivity index (χ3v) is 3.51. The molecule has 6 heteroatoms. The minimum absolute atomic E-state index is 0.101. The Morgan fingerprint density at radius 1 is 1.50 bits per heavy atom. The predicted octanol–water partition coefficient (Wildman–Crippen LogP) is 3.01. The van der Waals surface area contributed by atoms with Crippen molar-refractivity contribution in [2.45, 2.75) is 19.5 Å². The smallest absolute Gasteiger partial charge is 0.161 e. The number of ether oxygens (including phenoxy) is 1. The molecule has 0 aliphatic heterocycles. The number of benzene rings is 1. The molecule has 0 fully saturated rings. The van der Waals surface area contributed by atoms with Crippen molar-refractivity contribution in [2.24, 2.45) is 0 Å². The molecule has 0 aliphatic rings. The molecule has 0 radical (unpaired) electrons. The molecule has 2 aromatic rings. The van der Waals surface area contributed by atoms with Gasteiger partial charge in [0.2, 0.25) is 0 Å². The van der Waals surface area contributed by atoms with Crippen LogP contribution in [-0.2, 0) is 6.54 Å². The molecule has 1 heterocycles. The van der Waals surface area contributed by atoms with Gasteiger partial charge in [0, 0.05) is 12.1 Å². The molecule has 1 N–H and O–H groups in total. The van der Waals surface area contributed by atoms with Gasteiger partial charge in [-0.25, -0.2) is 4.39 Å². The van der Waals surface area contributed by atoms with Crippen LogP contribution >= 0.6 is 11.6 Å². The predicted molar refractivity (Wildman–Crippen MR) is 76.8 cm³/mol. The summed E-state index contributed by atoms with van der Waals surface area (Å²) in [6, 6.07) is 4.58. The summed E-state index contributed by atoms with van der Waals surface area (Å²) in [7, 11) is 3.33. The highest BCUT2D eigenvalue weighted by atomic mass is 35.5. The lowest BCUT2D eigenvalue weighted by atomic mass is 10.0. The van der Waals surface area contributed by atoms with E-state index in [4.69, 9.17) is 16.3 Å². The fourth-order valence-corrected chi connectivity index (χ4v) is 2.44. The summed E-state index contributed by atoms with van der Waals surface area (Å²) in [6.45, 7) is 2.63. The second kappa shape index (κ2) is 6.24. The van der Waals surface area contributed by atoms with Gasteiger partial charge in [-0.3, -0.25) is 4.68 Å². The number of hydrogen-bond donors (Lipinski definition) is 1. The summed E-state index contributed by atoms with van der Waals surface area (Å²) in [5.74, 6) is 0.185. The van der Waals surface area contributed by atoms with Crippen LogP contribution in [0.2, 0.25) is 5.02 Å². The van der Waals surface area contributed by atoms with E-state index in [0.717, 1.165) is 5.69 Å². The van der Waals surface area contributed by atoms with E-state index < -0.39 is 5.82 Å². The minimum atomic E-state index is -0.431. The highest BCUT2D eigenvalue weighted by Crippen LogP contribution is 2.32. The number of nitrogens with one attached hydrogen (secondary N) is 1. The number of hydrogen-bond acceptors (Lipinski definition) is 3. The first-order valence-electron chi connectivity index (χ1n) is 6.34. The Bertz CT molecular complexity index is 579. The molecular weight excluding hydrogens is 281 g/mol. The lowest BCUT2D eigenvalue weighted by molar-refractivity contribution is 0.400. The molecule has 4 nitrogen and oxygen atoms in total. The molecule has 0 saturated heterocycles. The third-order valence-electron chi connectivity index (χ3n) is 3.22. The van der Waals surface area contributed by atoms with E-state index in [9.17, 15) is 4.39 Å². The second-order valence-corrected chi connectivity index (χ2v) is 4.69. The number of aryl methyl sites for hydroxylation is 1. The average Bonchev–Trinajstić information content (AvgIpc) is 2.87. The van der Waals surface area contributed by atoms with Gasteiger partial charge >= 0.3 is 0 Å². The van der Waals surface area contributed by atoms with Crippen LogP contribution in [0.4, 0.5) is 4.39 Å². The van der Waals surface area contributed by atoms with E-state index in [1.807, 2.05) is 6.92 Å². The van der Waals surface area contributed by atoms with Gasteiger partial charge in [0.25, 0.3) is 0 Å². The molecule has 1 aromatic heterocycles. The molecule has 0 amide bonds. The standard InChI is InChI=1S/C14H17ClFN3O/c1-4-19-14(11(20-3)8-18-19)13(17-2)9-6-5-7-10(15)12(9)16/h5-8,13,17H,4H2,1-3H3. The lowest BCUT2D eigenvalue weighted by Crippen LogP contribution is -2.23. The van der Waals surface area contributed by atoms with Crippen molar-refractivity contribution in [1.82, 2.24) is 15.1 Å². The minimum Gasteiger partial charge on any atom is -0.493 e. The van der Waals surface area contributed by atoms with Gasteiger partial charge in [-0.2, -0.15) is 5.10 Å². The van der Waals surface area contributed by atoms with Crippen LogP contribution in [0.25, 0.3) is 0 Å². The Hall–Kier alpha value is -1.59. The molecule has 108 valence electrons. The lowest BCUT2D eigenvalue weighted by Gasteiger charge is -2.20. The zero-order chi connectivity index (χ0) is 14.7. The monoisotopic (exact) mass is 297 g/mol. The van der Waals surface area contributed by atoms with E-state index in [1.165, 1.54) is 6.07 Å². The van der Waals surface area contributed by atoms with Gasteiger partial charge in [-0.1, -0.05) is 23.7 Å². The van der Waals surface area contributed by atoms with E-state index in [1.54, 1.807) is 37.2 Å². The van der Waals surface area contributed by atoms with Crippen molar-refractivity contribution >= 4 is 11.6 Å². The Balaban J connectivity index is 2.58. The first kappa shape index (κ1) is 14.8. The highest BCUT2D eigenvalue weighted by molar-refractivity contribution is 6.30. The van der Waals surface area contributed by atoms with Gasteiger partial charge in [0.1, 0.15) is 11.5 Å². The van der Waals surface area contributed by atoms with Gasteiger partial charge in [0.05, 0.1) is 24.4 Å². The normalized spacial score (nSPS) is 12.4. The average molecular weight is 298 g/mol. The van der Waals surface area contributed by atoms with E-state index >= 15 is 0 Å². The van der Waals surface area contributed by atoms with Crippen molar-refractivity contribution in [2.75, 3.05) is 14.2 Å². The molecule has 0 aliphatic carbocycles. The third kappa shape index (κ3) is 2.51. The molecule has 1 atom stereocenters. The van der Waals surface area contributed by atoms with E-state index in [-0.39, 0.29) is 11.1 Å². The largest absolute Gasteiger partial charge is 0.493 e. The maximum atomic E-state index is 14.3. The zero-order valence-electron chi connectivity index (χ0n) is 11.7. The molecule has 1 unspecified atom stereocenters. The molecule has 0 spiro atoms. The van der Waals surface area contributed by atoms with Crippen LogP contribution in [0.15, 0.2) is 24.4 Å². The van der Waals surface area contributed by atoms with Crippen LogP contribution in [0, 0.1) is 5.82 Å². The van der Waals surface area contributed by atoms with Crippen LogP contribution in [0.1, 0.15) is 24.2 Å². The number of aromatic nitrogens is 2. The number of rotatable bonds is 5. The molecule has 0 bridgehead atoms. The Labute approximate surface area is 122 Å². The molecule has 1 aromatic carbocycles. The van der Waals surface area contributed by atoms with Crippen LogP contribution in [0.3, 0.4) is 0 Å². The van der Waals surface area contributed by atoms with Crippen molar-refractivity contribution in [3.63, 3.8) is 0 Å². The maximum absolute atomic E-state index is 14.3. The van der Waals surface area contributed by atoms with Gasteiger partial charge in [0.15, 0.2) is 5.75 Å². The van der Waals surface area contributed by atoms with Gasteiger partial charge in [-0.15, -0.1) is 0 Å². The fourth-order valence-electron chi connectivity index (χ4n) is 2.26. The molecule has 0 saturated carbocycles. The Kier molecular flexibility index (Phi) is 4.62. The first-order chi connectivity index (χ1) is 9.63. The number of methoxy groups -OCH3 is 1. The van der Waals surface area contributed by atoms with Crippen molar-refractivity contribution in [1.29, 1.82) is 0 Å². The summed E-state index contributed by atoms with van der Waals surface area (Å²) >= 11 is 5.87. The topological polar surface area (TPSA) is 39.1 Å². The van der Waals surface area contributed by atoms with Gasteiger partial charge < -0.3 is 10.1 Å². The number of halogens is 2. The van der Waals surface area contributed by atoms with Crippen LogP contribution in [-0.4, -0.2) is 23.9 Å². The van der Waals surface area contributed by atoms with Gasteiger partial charge in [-0.05, 0) is 20.0 Å². The van der Waals surface area contributed by atoms with Crippen LogP contribution < -0.4 is 10.1 Å². The highest BCUT2D eigenvalue weighted by Gasteiger charge is 2.25. The summed E-state index contributed by atoms with van der Waals surface area (Å²) in [4.78, 5) is 0. The molecule has 20 heavy (non-hydrogen) atoms. The van der Waals surface area contributed by atoms with Crippen molar-refractivity contribution in [3.05, 3.63) is 46.5 Å². The quantitative estimate of drug-likeness (QED) is 0.922. The summed E-state index contributed by atoms with van der Waals surface area (Å²) in [5, 5.41) is 7.45.